The third-order valence-corrected chi connectivity index (χ3v) is 2.94. The van der Waals surface area contributed by atoms with Crippen molar-refractivity contribution in [2.45, 2.75) is 25.8 Å². The van der Waals surface area contributed by atoms with E-state index in [1.54, 1.807) is 25.3 Å². The van der Waals surface area contributed by atoms with Crippen molar-refractivity contribution < 1.29 is 14.7 Å². The molecule has 1 aliphatic rings. The number of nitrogens with zero attached hydrogens (tertiary/aromatic N) is 2. The highest BCUT2D eigenvalue weighted by Crippen LogP contribution is 2.20. The second-order valence-electron chi connectivity index (χ2n) is 4.18. The summed E-state index contributed by atoms with van der Waals surface area (Å²) in [5, 5.41) is 9.03. The first-order valence-electron chi connectivity index (χ1n) is 5.56. The topological polar surface area (TPSA) is 70.5 Å². The minimum atomic E-state index is -0.929. The molecule has 1 unspecified atom stereocenters. The fourth-order valence-electron chi connectivity index (χ4n) is 2.11. The van der Waals surface area contributed by atoms with E-state index in [0.29, 0.717) is 18.5 Å². The molecule has 0 saturated carbocycles. The fraction of sp³-hybridized carbons (Fsp3) is 0.417. The van der Waals surface area contributed by atoms with E-state index in [1.165, 1.54) is 4.90 Å². The smallest absolute Gasteiger partial charge is 0.326 e. The van der Waals surface area contributed by atoms with E-state index in [-0.39, 0.29) is 5.91 Å². The van der Waals surface area contributed by atoms with Crippen LogP contribution in [0.4, 0.5) is 0 Å². The first kappa shape index (κ1) is 11.6. The molecule has 2 heterocycles. The number of aliphatic carboxylic acids is 1. The van der Waals surface area contributed by atoms with Crippen molar-refractivity contribution in [1.29, 1.82) is 0 Å². The second-order valence-corrected chi connectivity index (χ2v) is 4.18. The zero-order valence-electron chi connectivity index (χ0n) is 9.59. The first-order valence-corrected chi connectivity index (χ1v) is 5.56. The first-order chi connectivity index (χ1) is 8.09. The van der Waals surface area contributed by atoms with Crippen molar-refractivity contribution in [2.24, 2.45) is 0 Å². The number of hydrogen-bond acceptors (Lipinski definition) is 3. The lowest BCUT2D eigenvalue weighted by Gasteiger charge is -2.21. The molecule has 0 spiro atoms. The standard InChI is InChI=1S/C12H14N2O3/c1-8-7-9(4-5-13-8)11(15)14-6-2-3-10(14)12(16)17/h4-5,7,10H,2-3,6H2,1H3,(H,16,17). The number of aromatic nitrogens is 1. The van der Waals surface area contributed by atoms with Crippen LogP contribution in [0.1, 0.15) is 28.9 Å². The van der Waals surface area contributed by atoms with E-state index in [4.69, 9.17) is 5.11 Å². The van der Waals surface area contributed by atoms with Gasteiger partial charge >= 0.3 is 5.97 Å². The van der Waals surface area contributed by atoms with Crippen LogP contribution in [-0.4, -0.2) is 39.5 Å². The van der Waals surface area contributed by atoms with Crippen LogP contribution >= 0.6 is 0 Å². The van der Waals surface area contributed by atoms with Gasteiger partial charge in [-0.15, -0.1) is 0 Å². The normalized spacial score (nSPS) is 19.4. The Hall–Kier alpha value is -1.91. The molecule has 0 bridgehead atoms. The van der Waals surface area contributed by atoms with Gasteiger partial charge in [0.15, 0.2) is 0 Å². The van der Waals surface area contributed by atoms with Crippen LogP contribution in [0.15, 0.2) is 18.3 Å². The Labute approximate surface area is 99.1 Å². The van der Waals surface area contributed by atoms with Gasteiger partial charge < -0.3 is 10.0 Å². The molecule has 1 saturated heterocycles. The summed E-state index contributed by atoms with van der Waals surface area (Å²) in [6.07, 6.45) is 2.84. The SMILES string of the molecule is Cc1cc(C(=O)N2CCCC2C(=O)O)ccn1. The Morgan fingerprint density at radius 2 is 2.29 bits per heavy atom. The number of amides is 1. The van der Waals surface area contributed by atoms with Crippen LogP contribution in [0.5, 0.6) is 0 Å². The van der Waals surface area contributed by atoms with Gasteiger partial charge in [-0.25, -0.2) is 4.79 Å². The molecule has 0 aromatic carbocycles. The molecule has 1 N–H and O–H groups in total. The molecule has 0 aliphatic carbocycles. The number of carbonyl (C=O) groups is 2. The Kier molecular flexibility index (Phi) is 3.08. The highest BCUT2D eigenvalue weighted by Gasteiger charge is 2.34. The average Bonchev–Trinajstić information content (AvgIpc) is 2.77. The lowest BCUT2D eigenvalue weighted by Crippen LogP contribution is -2.40. The van der Waals surface area contributed by atoms with Gasteiger partial charge in [-0.2, -0.15) is 0 Å². The Morgan fingerprint density at radius 3 is 2.94 bits per heavy atom. The molecule has 1 amide bonds. The van der Waals surface area contributed by atoms with E-state index in [0.717, 1.165) is 12.1 Å². The number of pyridine rings is 1. The Bertz CT molecular complexity index is 459. The quantitative estimate of drug-likeness (QED) is 0.831. The van der Waals surface area contributed by atoms with E-state index in [1.807, 2.05) is 0 Å². The number of carboxylic acids is 1. The van der Waals surface area contributed by atoms with Crippen molar-refractivity contribution in [1.82, 2.24) is 9.88 Å². The predicted octanol–water partition coefficient (Wildman–Crippen LogP) is 1.08. The number of rotatable bonds is 2. The summed E-state index contributed by atoms with van der Waals surface area (Å²) in [6.45, 7) is 2.31. The van der Waals surface area contributed by atoms with Gasteiger partial charge in [0.2, 0.25) is 0 Å². The minimum absolute atomic E-state index is 0.222. The molecule has 1 fully saturated rings. The molecular formula is C12H14N2O3. The summed E-state index contributed by atoms with van der Waals surface area (Å²) in [5.41, 5.74) is 1.26. The molecule has 1 atom stereocenters. The van der Waals surface area contributed by atoms with Crippen molar-refractivity contribution >= 4 is 11.9 Å². The number of carboxylic acid groups (broad SMARTS) is 1. The third kappa shape index (κ3) is 2.27. The van der Waals surface area contributed by atoms with Gasteiger partial charge in [0.05, 0.1) is 0 Å². The largest absolute Gasteiger partial charge is 0.480 e. The zero-order chi connectivity index (χ0) is 12.4. The summed E-state index contributed by atoms with van der Waals surface area (Å²) in [6, 6.07) is 2.61. The summed E-state index contributed by atoms with van der Waals surface area (Å²) in [5.74, 6) is -1.15. The molecule has 0 radical (unpaired) electrons. The monoisotopic (exact) mass is 234 g/mol. The van der Waals surface area contributed by atoms with E-state index in [2.05, 4.69) is 4.98 Å². The van der Waals surface area contributed by atoms with E-state index >= 15 is 0 Å². The molecule has 1 aliphatic heterocycles. The van der Waals surface area contributed by atoms with Crippen molar-refractivity contribution in [3.63, 3.8) is 0 Å². The van der Waals surface area contributed by atoms with Gasteiger partial charge in [-0.05, 0) is 31.9 Å². The number of hydrogen-bond donors (Lipinski definition) is 1. The minimum Gasteiger partial charge on any atom is -0.480 e. The molecule has 17 heavy (non-hydrogen) atoms. The Morgan fingerprint density at radius 1 is 1.53 bits per heavy atom. The van der Waals surface area contributed by atoms with Crippen LogP contribution in [-0.2, 0) is 4.79 Å². The Balaban J connectivity index is 2.23. The van der Waals surface area contributed by atoms with E-state index in [9.17, 15) is 9.59 Å². The number of carbonyl (C=O) groups excluding carboxylic acids is 1. The van der Waals surface area contributed by atoms with Gasteiger partial charge in [0.1, 0.15) is 6.04 Å². The summed E-state index contributed by atoms with van der Waals surface area (Å²) in [4.78, 5) is 28.6. The van der Waals surface area contributed by atoms with Gasteiger partial charge in [0, 0.05) is 24.0 Å². The maximum Gasteiger partial charge on any atom is 0.326 e. The summed E-state index contributed by atoms with van der Waals surface area (Å²) >= 11 is 0. The molecule has 5 heteroatoms. The predicted molar refractivity (Wildman–Crippen MR) is 60.7 cm³/mol. The molecule has 5 nitrogen and oxygen atoms in total. The third-order valence-electron chi connectivity index (χ3n) is 2.94. The maximum absolute atomic E-state index is 12.1. The zero-order valence-corrected chi connectivity index (χ0v) is 9.59. The summed E-state index contributed by atoms with van der Waals surface area (Å²) < 4.78 is 0. The average molecular weight is 234 g/mol. The summed E-state index contributed by atoms with van der Waals surface area (Å²) in [7, 11) is 0. The molecule has 1 aromatic rings. The maximum atomic E-state index is 12.1. The van der Waals surface area contributed by atoms with Gasteiger partial charge in [-0.3, -0.25) is 9.78 Å². The highest BCUT2D eigenvalue weighted by molar-refractivity contribution is 5.96. The van der Waals surface area contributed by atoms with E-state index < -0.39 is 12.0 Å². The highest BCUT2D eigenvalue weighted by atomic mass is 16.4. The molecule has 1 aromatic heterocycles. The van der Waals surface area contributed by atoms with Crippen LogP contribution < -0.4 is 0 Å². The van der Waals surface area contributed by atoms with Crippen LogP contribution in [0.25, 0.3) is 0 Å². The number of likely N-dealkylation sites (tertiary alicyclic amines) is 1. The molecular weight excluding hydrogens is 220 g/mol. The van der Waals surface area contributed by atoms with Crippen molar-refractivity contribution in [3.8, 4) is 0 Å². The lowest BCUT2D eigenvalue weighted by molar-refractivity contribution is -0.141. The second kappa shape index (κ2) is 4.53. The van der Waals surface area contributed by atoms with Crippen molar-refractivity contribution in [2.75, 3.05) is 6.54 Å². The fourth-order valence-corrected chi connectivity index (χ4v) is 2.11. The molecule has 2 rings (SSSR count). The lowest BCUT2D eigenvalue weighted by atomic mass is 10.2. The molecule has 90 valence electrons. The van der Waals surface area contributed by atoms with Crippen LogP contribution in [0, 0.1) is 6.92 Å². The van der Waals surface area contributed by atoms with Gasteiger partial charge in [0.25, 0.3) is 5.91 Å². The van der Waals surface area contributed by atoms with Crippen LogP contribution in [0.3, 0.4) is 0 Å². The van der Waals surface area contributed by atoms with Crippen LogP contribution in [0.2, 0.25) is 0 Å². The number of aryl methyl sites for hydroxylation is 1. The van der Waals surface area contributed by atoms with Gasteiger partial charge in [-0.1, -0.05) is 0 Å². The van der Waals surface area contributed by atoms with Crippen molar-refractivity contribution in [3.05, 3.63) is 29.6 Å².